The lowest BCUT2D eigenvalue weighted by Gasteiger charge is -2.27. The summed E-state index contributed by atoms with van der Waals surface area (Å²) >= 11 is 0. The normalized spacial score (nSPS) is 15.0. The van der Waals surface area contributed by atoms with Crippen molar-refractivity contribution in [2.24, 2.45) is 5.92 Å². The second kappa shape index (κ2) is 10.6. The van der Waals surface area contributed by atoms with Gasteiger partial charge in [0.2, 0.25) is 0 Å². The van der Waals surface area contributed by atoms with Gasteiger partial charge in [-0.1, -0.05) is 32.9 Å². The lowest BCUT2D eigenvalue weighted by atomic mass is 9.94. The Morgan fingerprint density at radius 1 is 1.11 bits per heavy atom. The molecule has 36 heavy (non-hydrogen) atoms. The van der Waals surface area contributed by atoms with Crippen LogP contribution in [0.4, 0.5) is 0 Å². The molecular formula is C29H37N3O4. The molecule has 0 fully saturated rings. The maximum Gasteiger partial charge on any atom is 0.273 e. The SMILES string of the molecule is CCCN1C(=O)c2[nH]nc(-c3cc(C)cc(C)c3O)c2C1c1ccc(OCCC(C)C)c(OCC)c1. The van der Waals surface area contributed by atoms with E-state index in [2.05, 4.69) is 31.0 Å². The third kappa shape index (κ3) is 4.79. The van der Waals surface area contributed by atoms with Crippen molar-refractivity contribution in [1.82, 2.24) is 15.1 Å². The smallest absolute Gasteiger partial charge is 0.273 e. The number of aromatic hydroxyl groups is 1. The van der Waals surface area contributed by atoms with Crippen molar-refractivity contribution < 1.29 is 19.4 Å². The molecule has 7 nitrogen and oxygen atoms in total. The van der Waals surface area contributed by atoms with Gasteiger partial charge in [0.15, 0.2) is 11.5 Å². The highest BCUT2D eigenvalue weighted by Crippen LogP contribution is 2.46. The average Bonchev–Trinajstić information content (AvgIpc) is 3.37. The molecule has 1 aromatic heterocycles. The zero-order chi connectivity index (χ0) is 26.0. The second-order valence-electron chi connectivity index (χ2n) is 9.91. The van der Waals surface area contributed by atoms with Crippen molar-refractivity contribution >= 4 is 5.91 Å². The first-order valence-corrected chi connectivity index (χ1v) is 12.9. The lowest BCUT2D eigenvalue weighted by molar-refractivity contribution is 0.0743. The largest absolute Gasteiger partial charge is 0.507 e. The van der Waals surface area contributed by atoms with Gasteiger partial charge in [0.05, 0.1) is 19.3 Å². The summed E-state index contributed by atoms with van der Waals surface area (Å²) in [6, 6.07) is 9.40. The number of carbonyl (C=O) groups is 1. The van der Waals surface area contributed by atoms with Crippen LogP contribution in [0, 0.1) is 19.8 Å². The number of fused-ring (bicyclic) bond motifs is 1. The van der Waals surface area contributed by atoms with E-state index in [1.54, 1.807) is 0 Å². The molecule has 0 spiro atoms. The number of rotatable bonds is 10. The number of H-pyrrole nitrogens is 1. The van der Waals surface area contributed by atoms with Crippen molar-refractivity contribution in [3.8, 4) is 28.5 Å². The topological polar surface area (TPSA) is 87.7 Å². The van der Waals surface area contributed by atoms with E-state index in [9.17, 15) is 9.90 Å². The van der Waals surface area contributed by atoms with Crippen LogP contribution in [0.5, 0.6) is 17.2 Å². The van der Waals surface area contributed by atoms with Crippen molar-refractivity contribution in [1.29, 1.82) is 0 Å². The van der Waals surface area contributed by atoms with Crippen molar-refractivity contribution in [2.75, 3.05) is 19.8 Å². The zero-order valence-electron chi connectivity index (χ0n) is 22.1. The Hall–Kier alpha value is -3.48. The Bertz CT molecular complexity index is 1250. The maximum atomic E-state index is 13.5. The number of phenols is 1. The van der Waals surface area contributed by atoms with E-state index < -0.39 is 0 Å². The molecule has 0 radical (unpaired) electrons. The third-order valence-electron chi connectivity index (χ3n) is 6.56. The fourth-order valence-corrected chi connectivity index (χ4v) is 4.85. The Kier molecular flexibility index (Phi) is 7.57. The number of carbonyl (C=O) groups excluding carboxylic acids is 1. The van der Waals surface area contributed by atoms with E-state index in [0.717, 1.165) is 35.1 Å². The summed E-state index contributed by atoms with van der Waals surface area (Å²) in [6.07, 6.45) is 1.77. The number of aromatic nitrogens is 2. The van der Waals surface area contributed by atoms with Crippen LogP contribution in [0.1, 0.15) is 79.3 Å². The van der Waals surface area contributed by atoms with E-state index in [1.807, 2.05) is 56.0 Å². The van der Waals surface area contributed by atoms with Crippen molar-refractivity contribution in [2.45, 2.75) is 60.4 Å². The zero-order valence-corrected chi connectivity index (χ0v) is 22.1. The first-order valence-electron chi connectivity index (χ1n) is 12.9. The molecule has 0 bridgehead atoms. The standard InChI is InChI=1S/C29H37N3O4/c1-7-12-32-27(20-9-10-22(23(16-20)35-8-2)36-13-11-17(3)4)24-25(30-31-26(24)29(32)34)21-15-18(5)14-19(6)28(21)33/h9-10,14-17,27,33H,7-8,11-13H2,1-6H3,(H,30,31). The Morgan fingerprint density at radius 2 is 1.89 bits per heavy atom. The van der Waals surface area contributed by atoms with Crippen molar-refractivity contribution in [3.63, 3.8) is 0 Å². The molecule has 1 atom stereocenters. The molecule has 7 heteroatoms. The van der Waals surface area contributed by atoms with Gasteiger partial charge in [0, 0.05) is 17.7 Å². The second-order valence-corrected chi connectivity index (χ2v) is 9.91. The summed E-state index contributed by atoms with van der Waals surface area (Å²) in [5.74, 6) is 2.00. The highest BCUT2D eigenvalue weighted by molar-refractivity contribution is 6.00. The van der Waals surface area contributed by atoms with Gasteiger partial charge < -0.3 is 19.5 Å². The molecule has 0 saturated heterocycles. The minimum Gasteiger partial charge on any atom is -0.507 e. The van der Waals surface area contributed by atoms with E-state index in [0.29, 0.717) is 54.1 Å². The van der Waals surface area contributed by atoms with Crippen molar-refractivity contribution in [3.05, 3.63) is 58.3 Å². The summed E-state index contributed by atoms with van der Waals surface area (Å²) in [5.41, 5.74) is 5.18. The van der Waals surface area contributed by atoms with Gasteiger partial charge in [0.1, 0.15) is 17.1 Å². The molecule has 1 aliphatic heterocycles. The average molecular weight is 492 g/mol. The summed E-state index contributed by atoms with van der Waals surface area (Å²) in [5, 5.41) is 18.4. The minimum atomic E-state index is -0.356. The molecule has 1 amide bonds. The summed E-state index contributed by atoms with van der Waals surface area (Å²) < 4.78 is 12.0. The van der Waals surface area contributed by atoms with Crippen LogP contribution in [0.15, 0.2) is 30.3 Å². The fourth-order valence-electron chi connectivity index (χ4n) is 4.85. The Morgan fingerprint density at radius 3 is 2.58 bits per heavy atom. The predicted molar refractivity (Wildman–Crippen MR) is 141 cm³/mol. The number of nitrogens with zero attached hydrogens (tertiary/aromatic N) is 2. The summed E-state index contributed by atoms with van der Waals surface area (Å²) in [7, 11) is 0. The fraction of sp³-hybridized carbons (Fsp3) is 0.448. The van der Waals surface area contributed by atoms with Crippen LogP contribution in [0.25, 0.3) is 11.3 Å². The Balaban J connectivity index is 1.82. The van der Waals surface area contributed by atoms with Crippen LogP contribution in [-0.2, 0) is 0 Å². The molecule has 2 N–H and O–H groups in total. The molecule has 1 aliphatic rings. The number of nitrogens with one attached hydrogen (secondary N) is 1. The van der Waals surface area contributed by atoms with Gasteiger partial charge in [-0.3, -0.25) is 9.89 Å². The number of benzene rings is 2. The highest BCUT2D eigenvalue weighted by Gasteiger charge is 2.42. The number of aromatic amines is 1. The monoisotopic (exact) mass is 491 g/mol. The van der Waals surface area contributed by atoms with Crippen LogP contribution < -0.4 is 9.47 Å². The molecule has 0 aliphatic carbocycles. The van der Waals surface area contributed by atoms with Crippen LogP contribution in [-0.4, -0.2) is 45.9 Å². The first kappa shape index (κ1) is 25.6. The van der Waals surface area contributed by atoms with Gasteiger partial charge in [-0.05, 0) is 74.4 Å². The van der Waals surface area contributed by atoms with E-state index in [4.69, 9.17) is 9.47 Å². The van der Waals surface area contributed by atoms with E-state index in [-0.39, 0.29) is 17.7 Å². The lowest BCUT2D eigenvalue weighted by Crippen LogP contribution is -2.30. The van der Waals surface area contributed by atoms with Crippen LogP contribution >= 0.6 is 0 Å². The van der Waals surface area contributed by atoms with Gasteiger partial charge in [-0.15, -0.1) is 0 Å². The van der Waals surface area contributed by atoms with Gasteiger partial charge in [-0.2, -0.15) is 5.10 Å². The molecule has 192 valence electrons. The quantitative estimate of drug-likeness (QED) is 0.354. The highest BCUT2D eigenvalue weighted by atomic mass is 16.5. The molecule has 0 saturated carbocycles. The van der Waals surface area contributed by atoms with Crippen LogP contribution in [0.3, 0.4) is 0 Å². The molecule has 3 aromatic rings. The Labute approximate surface area is 213 Å². The van der Waals surface area contributed by atoms with Gasteiger partial charge in [-0.25, -0.2) is 0 Å². The van der Waals surface area contributed by atoms with Crippen LogP contribution in [0.2, 0.25) is 0 Å². The summed E-state index contributed by atoms with van der Waals surface area (Å²) in [6.45, 7) is 13.9. The van der Waals surface area contributed by atoms with E-state index >= 15 is 0 Å². The number of ether oxygens (including phenoxy) is 2. The molecule has 1 unspecified atom stereocenters. The summed E-state index contributed by atoms with van der Waals surface area (Å²) in [4.78, 5) is 15.3. The molecular weight excluding hydrogens is 454 g/mol. The minimum absolute atomic E-state index is 0.0883. The molecule has 4 rings (SSSR count). The number of hydrogen-bond acceptors (Lipinski definition) is 5. The predicted octanol–water partition coefficient (Wildman–Crippen LogP) is 6.18. The van der Waals surface area contributed by atoms with Gasteiger partial charge >= 0.3 is 0 Å². The van der Waals surface area contributed by atoms with E-state index in [1.165, 1.54) is 0 Å². The molecule has 2 heterocycles. The molecule has 2 aromatic carbocycles. The first-order chi connectivity index (χ1) is 17.3. The third-order valence-corrected chi connectivity index (χ3v) is 6.56. The number of phenolic OH excluding ortho intramolecular Hbond substituents is 1. The van der Waals surface area contributed by atoms with Gasteiger partial charge in [0.25, 0.3) is 5.91 Å². The number of aryl methyl sites for hydroxylation is 2. The number of amides is 1. The maximum absolute atomic E-state index is 13.5. The number of hydrogen-bond donors (Lipinski definition) is 2.